The summed E-state index contributed by atoms with van der Waals surface area (Å²) in [6, 6.07) is 8.12. The summed E-state index contributed by atoms with van der Waals surface area (Å²) < 4.78 is 23.6. The van der Waals surface area contributed by atoms with Crippen LogP contribution in [0.25, 0.3) is 0 Å². The SMILES string of the molecule is CC(=O)OC1C[C@@]2(O)[C@@H](OC(=O)c3ccccc3)C3[C@]4(OC(C)=O)COC4C[C@H](O)[C@@]3(C)[C@@H](O)[C@H](O)C(=C1C)C2(C)C. The van der Waals surface area contributed by atoms with E-state index in [-0.39, 0.29) is 30.6 Å². The average Bonchev–Trinajstić information content (AvgIpc) is 2.90. The molecule has 0 aromatic heterocycles. The summed E-state index contributed by atoms with van der Waals surface area (Å²) in [5.74, 6) is -3.37. The maximum absolute atomic E-state index is 13.7. The number of benzene rings is 1. The molecule has 5 rings (SSSR count). The minimum atomic E-state index is -2.07. The van der Waals surface area contributed by atoms with Crippen LogP contribution >= 0.6 is 0 Å². The van der Waals surface area contributed by atoms with E-state index >= 15 is 0 Å². The van der Waals surface area contributed by atoms with Gasteiger partial charge in [0.1, 0.15) is 30.0 Å². The van der Waals surface area contributed by atoms with Crippen LogP contribution in [-0.2, 0) is 28.5 Å². The molecule has 10 atom stereocenters. The zero-order valence-corrected chi connectivity index (χ0v) is 24.7. The fraction of sp³-hybridized carbons (Fsp3) is 0.645. The summed E-state index contributed by atoms with van der Waals surface area (Å²) in [4.78, 5) is 38.5. The van der Waals surface area contributed by atoms with E-state index in [1.807, 2.05) is 0 Å². The Hall–Kier alpha value is -2.83. The smallest absolute Gasteiger partial charge is 0.338 e. The zero-order valence-electron chi connectivity index (χ0n) is 24.7. The van der Waals surface area contributed by atoms with Gasteiger partial charge in [-0.3, -0.25) is 9.59 Å². The van der Waals surface area contributed by atoms with Crippen molar-refractivity contribution in [2.75, 3.05) is 6.61 Å². The highest BCUT2D eigenvalue weighted by molar-refractivity contribution is 5.89. The normalized spacial score (nSPS) is 42.1. The summed E-state index contributed by atoms with van der Waals surface area (Å²) in [5, 5.41) is 48.4. The average molecular weight is 589 g/mol. The Morgan fingerprint density at radius 3 is 2.17 bits per heavy atom. The summed E-state index contributed by atoms with van der Waals surface area (Å²) in [6.07, 6.45) is -8.35. The van der Waals surface area contributed by atoms with Crippen LogP contribution in [-0.4, -0.2) is 92.8 Å². The number of esters is 3. The van der Waals surface area contributed by atoms with E-state index in [0.717, 1.165) is 0 Å². The first-order chi connectivity index (χ1) is 19.5. The molecular formula is C31H40O11. The number of carbonyl (C=O) groups is 3. The van der Waals surface area contributed by atoms with E-state index in [4.69, 9.17) is 18.9 Å². The lowest BCUT2D eigenvalue weighted by Gasteiger charge is -2.69. The number of carbonyl (C=O) groups excluding carboxylic acids is 3. The van der Waals surface area contributed by atoms with Gasteiger partial charge in [0.25, 0.3) is 0 Å². The van der Waals surface area contributed by atoms with Gasteiger partial charge in [-0.1, -0.05) is 39.0 Å². The van der Waals surface area contributed by atoms with Gasteiger partial charge in [-0.15, -0.1) is 0 Å². The first-order valence-corrected chi connectivity index (χ1v) is 14.2. The van der Waals surface area contributed by atoms with E-state index in [2.05, 4.69) is 0 Å². The molecule has 230 valence electrons. The molecule has 0 radical (unpaired) electrons. The Labute approximate surface area is 244 Å². The quantitative estimate of drug-likeness (QED) is 0.228. The summed E-state index contributed by atoms with van der Waals surface area (Å²) in [7, 11) is 0. The van der Waals surface area contributed by atoms with Crippen molar-refractivity contribution in [1.82, 2.24) is 0 Å². The number of aliphatic hydroxyl groups is 4. The number of ether oxygens (including phenoxy) is 4. The van der Waals surface area contributed by atoms with Crippen LogP contribution in [0, 0.1) is 16.7 Å². The molecular weight excluding hydrogens is 548 g/mol. The van der Waals surface area contributed by atoms with Crippen molar-refractivity contribution in [1.29, 1.82) is 0 Å². The molecule has 3 fully saturated rings. The molecule has 1 saturated heterocycles. The van der Waals surface area contributed by atoms with E-state index in [9.17, 15) is 34.8 Å². The van der Waals surface area contributed by atoms with Gasteiger partial charge in [0.05, 0.1) is 30.3 Å². The van der Waals surface area contributed by atoms with Gasteiger partial charge in [-0.05, 0) is 30.2 Å². The monoisotopic (exact) mass is 588 g/mol. The number of fused-ring (bicyclic) bond motifs is 5. The van der Waals surface area contributed by atoms with Gasteiger partial charge in [0.2, 0.25) is 0 Å². The van der Waals surface area contributed by atoms with E-state index < -0.39 is 82.5 Å². The van der Waals surface area contributed by atoms with Gasteiger partial charge >= 0.3 is 17.9 Å². The molecule has 1 aromatic rings. The lowest BCUT2D eigenvalue weighted by Crippen LogP contribution is -2.82. The van der Waals surface area contributed by atoms with Crippen molar-refractivity contribution < 1.29 is 53.8 Å². The molecule has 1 aromatic carbocycles. The van der Waals surface area contributed by atoms with Crippen LogP contribution in [0.1, 0.15) is 64.7 Å². The number of aliphatic hydroxyl groups excluding tert-OH is 3. The maximum atomic E-state index is 13.7. The minimum absolute atomic E-state index is 0.0423. The highest BCUT2D eigenvalue weighted by atomic mass is 16.6. The maximum Gasteiger partial charge on any atom is 0.338 e. The van der Waals surface area contributed by atoms with Crippen molar-refractivity contribution >= 4 is 17.9 Å². The highest BCUT2D eigenvalue weighted by Gasteiger charge is 2.77. The fourth-order valence-electron chi connectivity index (χ4n) is 8.20. The van der Waals surface area contributed by atoms with Crippen molar-refractivity contribution in [3.63, 3.8) is 0 Å². The van der Waals surface area contributed by atoms with E-state index in [1.165, 1.54) is 20.8 Å². The first-order valence-electron chi connectivity index (χ1n) is 14.2. The van der Waals surface area contributed by atoms with Crippen molar-refractivity contribution in [3.05, 3.63) is 47.0 Å². The summed E-state index contributed by atoms with van der Waals surface area (Å²) in [5.41, 5.74) is -5.83. The van der Waals surface area contributed by atoms with Crippen LogP contribution in [0.15, 0.2) is 41.5 Å². The molecule has 11 nitrogen and oxygen atoms in total. The second kappa shape index (κ2) is 10.1. The molecule has 0 amide bonds. The number of rotatable bonds is 4. The van der Waals surface area contributed by atoms with E-state index in [0.29, 0.717) is 5.57 Å². The Morgan fingerprint density at radius 2 is 1.62 bits per heavy atom. The molecule has 4 N–H and O–H groups in total. The molecule has 3 unspecified atom stereocenters. The number of hydrogen-bond acceptors (Lipinski definition) is 11. The minimum Gasteiger partial charge on any atom is -0.458 e. The van der Waals surface area contributed by atoms with E-state index in [1.54, 1.807) is 51.1 Å². The van der Waals surface area contributed by atoms with Crippen LogP contribution in [0.2, 0.25) is 0 Å². The standard InChI is InChI=1S/C31H40O11/c1-15-19(40-16(2)32)13-31(38)26(41-27(37)18-10-8-7-9-11-18)24-29(6,25(36)23(35)22(15)28(31,4)5)20(34)12-21-30(24,14-39-21)42-17(3)33/h7-11,19-21,23-26,34-36,38H,12-14H2,1-6H3/t19?,20-,21?,23+,24?,25-,26-,29+,30-,31+/m0/s1. The molecule has 3 aliphatic carbocycles. The van der Waals surface area contributed by atoms with Crippen molar-refractivity contribution in [2.45, 2.75) is 102 Å². The van der Waals surface area contributed by atoms with Crippen LogP contribution in [0.3, 0.4) is 0 Å². The molecule has 0 spiro atoms. The second-order valence-electron chi connectivity index (χ2n) is 13.0. The highest BCUT2D eigenvalue weighted by Crippen LogP contribution is 2.65. The molecule has 11 heteroatoms. The van der Waals surface area contributed by atoms with Gasteiger partial charge in [-0.25, -0.2) is 4.79 Å². The molecule has 4 aliphatic rings. The Bertz CT molecular complexity index is 1310. The third kappa shape index (κ3) is 4.16. The van der Waals surface area contributed by atoms with Crippen molar-refractivity contribution in [3.8, 4) is 0 Å². The first kappa shape index (κ1) is 30.6. The summed E-state index contributed by atoms with van der Waals surface area (Å²) in [6.45, 7) is 8.78. The Balaban J connectivity index is 1.82. The predicted octanol–water partition coefficient (Wildman–Crippen LogP) is 1.44. The van der Waals surface area contributed by atoms with Gasteiger partial charge in [0.15, 0.2) is 5.60 Å². The van der Waals surface area contributed by atoms with Gasteiger partial charge < -0.3 is 39.4 Å². The largest absolute Gasteiger partial charge is 0.458 e. The Kier molecular flexibility index (Phi) is 7.38. The molecule has 1 heterocycles. The van der Waals surface area contributed by atoms with Crippen LogP contribution in [0.4, 0.5) is 0 Å². The molecule has 1 aliphatic heterocycles. The van der Waals surface area contributed by atoms with Crippen LogP contribution in [0.5, 0.6) is 0 Å². The Morgan fingerprint density at radius 1 is 0.976 bits per heavy atom. The van der Waals surface area contributed by atoms with Gasteiger partial charge in [0, 0.05) is 37.5 Å². The predicted molar refractivity (Wildman–Crippen MR) is 146 cm³/mol. The molecule has 2 saturated carbocycles. The van der Waals surface area contributed by atoms with Crippen molar-refractivity contribution in [2.24, 2.45) is 16.7 Å². The molecule has 42 heavy (non-hydrogen) atoms. The summed E-state index contributed by atoms with van der Waals surface area (Å²) >= 11 is 0. The van der Waals surface area contributed by atoms with Crippen LogP contribution < -0.4 is 0 Å². The lowest BCUT2D eigenvalue weighted by molar-refractivity contribution is -0.365. The molecule has 2 bridgehead atoms. The third-order valence-corrected chi connectivity index (χ3v) is 10.5. The zero-order chi connectivity index (χ0) is 31.0. The topological polar surface area (TPSA) is 169 Å². The van der Waals surface area contributed by atoms with Gasteiger partial charge in [-0.2, -0.15) is 0 Å². The number of hydrogen-bond donors (Lipinski definition) is 4. The fourth-order valence-corrected chi connectivity index (χ4v) is 8.20. The third-order valence-electron chi connectivity index (χ3n) is 10.5. The second-order valence-corrected chi connectivity index (χ2v) is 13.0. The lowest BCUT2D eigenvalue weighted by atomic mass is 9.44.